The first-order valence-electron chi connectivity index (χ1n) is 12.5. The number of fused-ring (bicyclic) bond motifs is 1. The highest BCUT2D eigenvalue weighted by molar-refractivity contribution is 6.07. The van der Waals surface area contributed by atoms with Gasteiger partial charge in [0.2, 0.25) is 5.91 Å². The Morgan fingerprint density at radius 1 is 0.706 bits per heavy atom. The van der Waals surface area contributed by atoms with Crippen LogP contribution < -0.4 is 0 Å². The van der Waals surface area contributed by atoms with Crippen LogP contribution in [0.1, 0.15) is 35.2 Å². The van der Waals surface area contributed by atoms with Crippen LogP contribution in [0.4, 0.5) is 0 Å². The van der Waals surface area contributed by atoms with Gasteiger partial charge in [-0.15, -0.1) is 0 Å². The number of rotatable bonds is 4. The molecule has 0 spiro atoms. The molecule has 2 aliphatic rings. The summed E-state index contributed by atoms with van der Waals surface area (Å²) in [5.41, 5.74) is 2.08. The van der Waals surface area contributed by atoms with Gasteiger partial charge in [0.25, 0.3) is 5.91 Å². The van der Waals surface area contributed by atoms with E-state index in [4.69, 9.17) is 0 Å². The van der Waals surface area contributed by atoms with Crippen molar-refractivity contribution >= 4 is 22.6 Å². The molecular weight excluding hydrogens is 422 g/mol. The summed E-state index contributed by atoms with van der Waals surface area (Å²) in [7, 11) is 0. The Labute approximate surface area is 202 Å². The van der Waals surface area contributed by atoms with Crippen LogP contribution in [0.2, 0.25) is 0 Å². The highest BCUT2D eigenvalue weighted by Crippen LogP contribution is 2.25. The Morgan fingerprint density at radius 2 is 1.44 bits per heavy atom. The van der Waals surface area contributed by atoms with E-state index in [1.54, 1.807) is 0 Å². The van der Waals surface area contributed by atoms with Crippen molar-refractivity contribution in [2.75, 3.05) is 39.3 Å². The summed E-state index contributed by atoms with van der Waals surface area (Å²) in [4.78, 5) is 33.0. The summed E-state index contributed by atoms with van der Waals surface area (Å²) in [6.07, 6.45) is 2.51. The smallest absolute Gasteiger partial charge is 0.254 e. The molecule has 0 unspecified atom stereocenters. The predicted octanol–water partition coefficient (Wildman–Crippen LogP) is 4.43. The maximum atomic E-state index is 13.3. The molecule has 2 aliphatic heterocycles. The van der Waals surface area contributed by atoms with Crippen LogP contribution in [0.5, 0.6) is 0 Å². The van der Waals surface area contributed by atoms with E-state index in [-0.39, 0.29) is 17.7 Å². The SMILES string of the molecule is O=C(c1cccc2ccccc12)N1CCC(C(=O)N2CCCN(Cc3ccccc3)CC2)CC1. The number of carbonyl (C=O) groups is 2. The molecule has 0 atom stereocenters. The number of amides is 2. The van der Waals surface area contributed by atoms with Gasteiger partial charge in [-0.2, -0.15) is 0 Å². The van der Waals surface area contributed by atoms with Crippen LogP contribution in [0.25, 0.3) is 10.8 Å². The number of likely N-dealkylation sites (tertiary alicyclic amines) is 1. The van der Waals surface area contributed by atoms with Crippen molar-refractivity contribution in [1.82, 2.24) is 14.7 Å². The fourth-order valence-corrected chi connectivity index (χ4v) is 5.36. The van der Waals surface area contributed by atoms with Gasteiger partial charge in [-0.3, -0.25) is 14.5 Å². The molecule has 0 bridgehead atoms. The minimum atomic E-state index is 0.0252. The van der Waals surface area contributed by atoms with E-state index in [1.165, 1.54) is 5.56 Å². The molecular formula is C29H33N3O2. The standard InChI is InChI=1S/C29H33N3O2/c33-28(31-17-7-16-30(20-21-31)22-23-8-2-1-3-9-23)25-14-18-32(19-15-25)29(34)27-13-6-11-24-10-4-5-12-26(24)27/h1-6,8-13,25H,7,14-22H2. The lowest BCUT2D eigenvalue weighted by Gasteiger charge is -2.34. The fraction of sp³-hybridized carbons (Fsp3) is 0.379. The summed E-state index contributed by atoms with van der Waals surface area (Å²) in [5, 5.41) is 2.08. The second kappa shape index (κ2) is 10.4. The average molecular weight is 456 g/mol. The van der Waals surface area contributed by atoms with Gasteiger partial charge >= 0.3 is 0 Å². The molecule has 0 radical (unpaired) electrons. The third kappa shape index (κ3) is 5.00. The zero-order chi connectivity index (χ0) is 23.3. The lowest BCUT2D eigenvalue weighted by molar-refractivity contribution is -0.136. The van der Waals surface area contributed by atoms with Crippen molar-refractivity contribution in [2.45, 2.75) is 25.8 Å². The Bertz CT molecular complexity index is 1130. The maximum absolute atomic E-state index is 13.3. The maximum Gasteiger partial charge on any atom is 0.254 e. The van der Waals surface area contributed by atoms with Crippen LogP contribution >= 0.6 is 0 Å². The van der Waals surface area contributed by atoms with E-state index >= 15 is 0 Å². The fourth-order valence-electron chi connectivity index (χ4n) is 5.36. The first kappa shape index (κ1) is 22.6. The number of piperidine rings is 1. The van der Waals surface area contributed by atoms with Crippen molar-refractivity contribution in [1.29, 1.82) is 0 Å². The summed E-state index contributed by atoms with van der Waals surface area (Å²) in [5.74, 6) is 0.380. The van der Waals surface area contributed by atoms with E-state index in [0.29, 0.717) is 13.1 Å². The predicted molar refractivity (Wildman–Crippen MR) is 135 cm³/mol. The normalized spacial score (nSPS) is 18.1. The van der Waals surface area contributed by atoms with E-state index < -0.39 is 0 Å². The monoisotopic (exact) mass is 455 g/mol. The molecule has 3 aromatic carbocycles. The molecule has 5 nitrogen and oxygen atoms in total. The lowest BCUT2D eigenvalue weighted by atomic mass is 9.94. The van der Waals surface area contributed by atoms with Crippen LogP contribution in [0.3, 0.4) is 0 Å². The van der Waals surface area contributed by atoms with Crippen molar-refractivity contribution in [2.24, 2.45) is 5.92 Å². The molecule has 2 amide bonds. The molecule has 2 fully saturated rings. The molecule has 0 aromatic heterocycles. The van der Waals surface area contributed by atoms with E-state index in [0.717, 1.165) is 68.3 Å². The first-order valence-corrected chi connectivity index (χ1v) is 12.5. The molecule has 2 heterocycles. The molecule has 0 saturated carbocycles. The molecule has 5 rings (SSSR count). The number of carbonyl (C=O) groups excluding carboxylic acids is 2. The van der Waals surface area contributed by atoms with Gasteiger partial charge in [0.05, 0.1) is 0 Å². The van der Waals surface area contributed by atoms with Gasteiger partial charge in [0.15, 0.2) is 0 Å². The van der Waals surface area contributed by atoms with E-state index in [9.17, 15) is 9.59 Å². The Balaban J connectivity index is 1.15. The van der Waals surface area contributed by atoms with Gasteiger partial charge in [-0.1, -0.05) is 66.7 Å². The first-order chi connectivity index (χ1) is 16.7. The Morgan fingerprint density at radius 3 is 2.26 bits per heavy atom. The summed E-state index contributed by atoms with van der Waals surface area (Å²) >= 11 is 0. The third-order valence-corrected chi connectivity index (χ3v) is 7.30. The molecule has 3 aromatic rings. The third-order valence-electron chi connectivity index (χ3n) is 7.30. The van der Waals surface area contributed by atoms with Gasteiger partial charge in [0.1, 0.15) is 0 Å². The van der Waals surface area contributed by atoms with Gasteiger partial charge in [-0.05, 0) is 41.7 Å². The number of benzene rings is 3. The Kier molecular flexibility index (Phi) is 6.91. The topological polar surface area (TPSA) is 43.9 Å². The molecule has 2 saturated heterocycles. The summed E-state index contributed by atoms with van der Waals surface area (Å²) in [6, 6.07) is 24.5. The average Bonchev–Trinajstić information content (AvgIpc) is 3.14. The van der Waals surface area contributed by atoms with Crippen molar-refractivity contribution < 1.29 is 9.59 Å². The van der Waals surface area contributed by atoms with Crippen molar-refractivity contribution in [3.8, 4) is 0 Å². The van der Waals surface area contributed by atoms with E-state index in [2.05, 4.69) is 34.1 Å². The molecule has 176 valence electrons. The lowest BCUT2D eigenvalue weighted by Crippen LogP contribution is -2.45. The second-order valence-corrected chi connectivity index (χ2v) is 9.53. The minimum Gasteiger partial charge on any atom is -0.341 e. The van der Waals surface area contributed by atoms with Crippen LogP contribution in [-0.2, 0) is 11.3 Å². The summed E-state index contributed by atoms with van der Waals surface area (Å²) < 4.78 is 0. The zero-order valence-corrected chi connectivity index (χ0v) is 19.7. The van der Waals surface area contributed by atoms with Gasteiger partial charge in [-0.25, -0.2) is 0 Å². The Hall–Kier alpha value is -3.18. The number of hydrogen-bond donors (Lipinski definition) is 0. The van der Waals surface area contributed by atoms with Crippen molar-refractivity contribution in [3.05, 3.63) is 83.9 Å². The van der Waals surface area contributed by atoms with E-state index in [1.807, 2.05) is 53.4 Å². The van der Waals surface area contributed by atoms with Crippen LogP contribution in [0, 0.1) is 5.92 Å². The molecule has 0 aliphatic carbocycles. The largest absolute Gasteiger partial charge is 0.341 e. The van der Waals surface area contributed by atoms with Crippen LogP contribution in [0.15, 0.2) is 72.8 Å². The van der Waals surface area contributed by atoms with Gasteiger partial charge < -0.3 is 9.80 Å². The quantitative estimate of drug-likeness (QED) is 0.585. The highest BCUT2D eigenvalue weighted by Gasteiger charge is 2.31. The van der Waals surface area contributed by atoms with Crippen LogP contribution in [-0.4, -0.2) is 65.8 Å². The summed E-state index contributed by atoms with van der Waals surface area (Å²) in [6.45, 7) is 5.80. The second-order valence-electron chi connectivity index (χ2n) is 9.53. The number of hydrogen-bond acceptors (Lipinski definition) is 3. The number of nitrogens with zero attached hydrogens (tertiary/aromatic N) is 3. The minimum absolute atomic E-state index is 0.0252. The molecule has 34 heavy (non-hydrogen) atoms. The molecule has 5 heteroatoms. The highest BCUT2D eigenvalue weighted by atomic mass is 16.2. The van der Waals surface area contributed by atoms with Crippen molar-refractivity contribution in [3.63, 3.8) is 0 Å². The molecule has 0 N–H and O–H groups in total. The van der Waals surface area contributed by atoms with Gasteiger partial charge in [0, 0.05) is 57.3 Å². The zero-order valence-electron chi connectivity index (χ0n) is 19.7.